The molecule has 6 nitrogen and oxygen atoms in total. The Bertz CT molecular complexity index is 4560. The van der Waals surface area contributed by atoms with Crippen LogP contribution in [0.1, 0.15) is 0 Å². The summed E-state index contributed by atoms with van der Waals surface area (Å²) in [5.74, 6) is 1.60. The van der Waals surface area contributed by atoms with Crippen molar-refractivity contribution < 1.29 is 4.42 Å². The van der Waals surface area contributed by atoms with Crippen molar-refractivity contribution in [1.29, 1.82) is 0 Å². The summed E-state index contributed by atoms with van der Waals surface area (Å²) < 4.78 is 11.9. The lowest BCUT2D eigenvalue weighted by Crippen LogP contribution is -2.06. The fraction of sp³-hybridized carbons (Fsp3) is 0. The minimum atomic E-state index is 0.515. The van der Waals surface area contributed by atoms with Crippen molar-refractivity contribution in [1.82, 2.24) is 24.1 Å². The summed E-state index contributed by atoms with van der Waals surface area (Å²) >= 11 is 0. The van der Waals surface area contributed by atoms with Gasteiger partial charge in [0, 0.05) is 37.9 Å². The van der Waals surface area contributed by atoms with Crippen LogP contribution in [0, 0.1) is 0 Å². The highest BCUT2D eigenvalue weighted by molar-refractivity contribution is 6.25. The van der Waals surface area contributed by atoms with E-state index < -0.39 is 0 Å². The lowest BCUT2D eigenvalue weighted by Gasteiger charge is -2.14. The van der Waals surface area contributed by atoms with Gasteiger partial charge in [-0.2, -0.15) is 9.97 Å². The molecule has 0 aliphatic rings. The van der Waals surface area contributed by atoms with Crippen LogP contribution in [0.25, 0.3) is 143 Å². The molecule has 6 heteroatoms. The predicted molar refractivity (Wildman–Crippen MR) is 285 cm³/mol. The van der Waals surface area contributed by atoms with E-state index in [0.29, 0.717) is 23.2 Å². The molecule has 0 aliphatic carbocycles. The third-order valence-corrected chi connectivity index (χ3v) is 14.1. The summed E-state index contributed by atoms with van der Waals surface area (Å²) in [5, 5.41) is 13.6. The second-order valence-electron chi connectivity index (χ2n) is 17.9. The van der Waals surface area contributed by atoms with Gasteiger partial charge in [-0.3, -0.25) is 4.57 Å². The molecule has 69 heavy (non-hydrogen) atoms. The number of fused-ring (bicyclic) bond motifs is 14. The first kappa shape index (κ1) is 37.8. The first-order chi connectivity index (χ1) is 34.2. The summed E-state index contributed by atoms with van der Waals surface area (Å²) in [4.78, 5) is 16.2. The van der Waals surface area contributed by atoms with Crippen LogP contribution in [0.3, 0.4) is 0 Å². The monoisotopic (exact) mass is 879 g/mol. The Morgan fingerprint density at radius 1 is 0.304 bits per heavy atom. The number of para-hydroxylation sites is 2. The first-order valence-corrected chi connectivity index (χ1v) is 23.3. The van der Waals surface area contributed by atoms with Crippen LogP contribution in [0.5, 0.6) is 0 Å². The first-order valence-electron chi connectivity index (χ1n) is 23.3. The lowest BCUT2D eigenvalue weighted by atomic mass is 10.0. The van der Waals surface area contributed by atoms with Crippen molar-refractivity contribution in [2.24, 2.45) is 0 Å². The SMILES string of the molecule is c1ccc(-c2cccc(-c3nc(-c4ccc(-n5c6cc7ccccc7cc6c6c7ccccc7ccc65)c5c4oc4c6ccccc6ccc45)nc(-n4c5ccccc5c5ccccc54)n3)c2)cc1. The number of furan rings is 1. The molecule has 4 heterocycles. The molecule has 320 valence electrons. The van der Waals surface area contributed by atoms with E-state index in [1.807, 2.05) is 6.07 Å². The molecule has 0 unspecified atom stereocenters. The van der Waals surface area contributed by atoms with Gasteiger partial charge in [-0.15, -0.1) is 0 Å². The summed E-state index contributed by atoms with van der Waals surface area (Å²) in [6, 6.07) is 79.7. The number of hydrogen-bond donors (Lipinski definition) is 0. The molecule has 0 aliphatic heterocycles. The van der Waals surface area contributed by atoms with Crippen LogP contribution in [-0.4, -0.2) is 24.1 Å². The zero-order valence-corrected chi connectivity index (χ0v) is 37.0. The molecule has 0 spiro atoms. The van der Waals surface area contributed by atoms with E-state index in [1.165, 1.54) is 32.3 Å². The van der Waals surface area contributed by atoms with Crippen molar-refractivity contribution in [3.05, 3.63) is 224 Å². The number of hydrogen-bond acceptors (Lipinski definition) is 4. The van der Waals surface area contributed by atoms with E-state index in [0.717, 1.165) is 87.9 Å². The molecule has 15 rings (SSSR count). The average Bonchev–Trinajstić information content (AvgIpc) is 4.09. The molecule has 11 aromatic carbocycles. The number of nitrogens with zero attached hydrogens (tertiary/aromatic N) is 5. The van der Waals surface area contributed by atoms with Crippen molar-refractivity contribution in [3.8, 4) is 45.5 Å². The standard InChI is InChI=1S/C63H37N5O/c1-2-15-38(16-3-1)41-21-14-22-44(35-41)61-64-62(66-63(65-61)68-52-27-12-10-25-47(52)48-26-11-13-28-53(48)68)50-32-34-55(58-49-31-29-40-18-7-9-24-46(40)59(49)69-60(50)58)67-54-33-30-39-17-6-8-23-45(39)57(54)51-36-42-19-4-5-20-43(42)37-56(51)67/h1-37H. The van der Waals surface area contributed by atoms with E-state index in [9.17, 15) is 0 Å². The van der Waals surface area contributed by atoms with Crippen LogP contribution in [-0.2, 0) is 0 Å². The highest BCUT2D eigenvalue weighted by atomic mass is 16.3. The number of rotatable bonds is 5. The summed E-state index contributed by atoms with van der Waals surface area (Å²) in [5.41, 5.74) is 10.7. The van der Waals surface area contributed by atoms with Crippen LogP contribution >= 0.6 is 0 Å². The van der Waals surface area contributed by atoms with Gasteiger partial charge in [-0.05, 0) is 92.7 Å². The van der Waals surface area contributed by atoms with Crippen LogP contribution in [0.2, 0.25) is 0 Å². The molecule has 0 radical (unpaired) electrons. The highest BCUT2D eigenvalue weighted by Crippen LogP contribution is 2.46. The van der Waals surface area contributed by atoms with Gasteiger partial charge < -0.3 is 8.98 Å². The third kappa shape index (κ3) is 5.63. The minimum absolute atomic E-state index is 0.515. The third-order valence-electron chi connectivity index (χ3n) is 14.1. The zero-order valence-electron chi connectivity index (χ0n) is 37.0. The van der Waals surface area contributed by atoms with Crippen molar-refractivity contribution in [2.75, 3.05) is 0 Å². The molecule has 0 saturated carbocycles. The molecule has 0 bridgehead atoms. The summed E-state index contributed by atoms with van der Waals surface area (Å²) in [6.07, 6.45) is 0. The molecule has 15 aromatic rings. The van der Waals surface area contributed by atoms with E-state index in [4.69, 9.17) is 19.4 Å². The number of benzene rings is 11. The maximum Gasteiger partial charge on any atom is 0.238 e. The van der Waals surface area contributed by atoms with E-state index in [1.54, 1.807) is 0 Å². The Balaban J connectivity index is 1.06. The molecule has 4 aromatic heterocycles. The normalized spacial score (nSPS) is 12.1. The van der Waals surface area contributed by atoms with E-state index >= 15 is 0 Å². The van der Waals surface area contributed by atoms with Gasteiger partial charge in [0.05, 0.1) is 38.7 Å². The minimum Gasteiger partial charge on any atom is -0.455 e. The molecule has 0 N–H and O–H groups in total. The molecule has 0 amide bonds. The predicted octanol–water partition coefficient (Wildman–Crippen LogP) is 16.4. The fourth-order valence-corrected chi connectivity index (χ4v) is 11.0. The second-order valence-corrected chi connectivity index (χ2v) is 17.9. The van der Waals surface area contributed by atoms with Crippen molar-refractivity contribution in [3.63, 3.8) is 0 Å². The molecule has 0 atom stereocenters. The van der Waals surface area contributed by atoms with Crippen LogP contribution in [0.15, 0.2) is 229 Å². The van der Waals surface area contributed by atoms with Gasteiger partial charge in [0.25, 0.3) is 0 Å². The molecule has 0 fully saturated rings. The van der Waals surface area contributed by atoms with Gasteiger partial charge >= 0.3 is 0 Å². The zero-order chi connectivity index (χ0) is 45.2. The molecular weight excluding hydrogens is 843 g/mol. The van der Waals surface area contributed by atoms with Crippen LogP contribution < -0.4 is 0 Å². The Labute approximate surface area is 394 Å². The van der Waals surface area contributed by atoms with Crippen molar-refractivity contribution >= 4 is 97.9 Å². The van der Waals surface area contributed by atoms with Gasteiger partial charge in [0.1, 0.15) is 11.2 Å². The highest BCUT2D eigenvalue weighted by Gasteiger charge is 2.25. The van der Waals surface area contributed by atoms with Gasteiger partial charge in [-0.1, -0.05) is 170 Å². The lowest BCUT2D eigenvalue weighted by molar-refractivity contribution is 0.673. The number of aromatic nitrogens is 5. The Kier molecular flexibility index (Phi) is 7.97. The van der Waals surface area contributed by atoms with E-state index in [-0.39, 0.29) is 0 Å². The molecule has 0 saturated heterocycles. The smallest absolute Gasteiger partial charge is 0.238 e. The van der Waals surface area contributed by atoms with Gasteiger partial charge in [-0.25, -0.2) is 4.98 Å². The Hall–Kier alpha value is -9.39. The summed E-state index contributed by atoms with van der Waals surface area (Å²) in [7, 11) is 0. The Morgan fingerprint density at radius 2 is 0.913 bits per heavy atom. The molecular formula is C63H37N5O. The fourth-order valence-electron chi connectivity index (χ4n) is 11.0. The Morgan fingerprint density at radius 3 is 1.70 bits per heavy atom. The van der Waals surface area contributed by atoms with Crippen molar-refractivity contribution in [2.45, 2.75) is 0 Å². The van der Waals surface area contributed by atoms with E-state index in [2.05, 4.69) is 228 Å². The summed E-state index contributed by atoms with van der Waals surface area (Å²) in [6.45, 7) is 0. The topological polar surface area (TPSA) is 61.7 Å². The van der Waals surface area contributed by atoms with Crippen LogP contribution in [0.4, 0.5) is 0 Å². The second kappa shape index (κ2) is 14.6. The maximum absolute atomic E-state index is 7.33. The maximum atomic E-state index is 7.33. The quantitative estimate of drug-likeness (QED) is 0.173. The van der Waals surface area contributed by atoms with Gasteiger partial charge in [0.15, 0.2) is 11.6 Å². The largest absolute Gasteiger partial charge is 0.455 e. The van der Waals surface area contributed by atoms with Gasteiger partial charge in [0.2, 0.25) is 5.95 Å². The average molecular weight is 880 g/mol.